The highest BCUT2D eigenvalue weighted by Gasteiger charge is 2.31. The molecule has 0 bridgehead atoms. The molecular formula is C18H21F4NO3S. The van der Waals surface area contributed by atoms with Crippen molar-refractivity contribution in [1.82, 2.24) is 0 Å². The number of hydrogen-bond donors (Lipinski definition) is 0. The molecule has 1 fully saturated rings. The predicted molar refractivity (Wildman–Crippen MR) is 94.1 cm³/mol. The van der Waals surface area contributed by atoms with Crippen LogP contribution in [0.2, 0.25) is 0 Å². The molecule has 27 heavy (non-hydrogen) atoms. The van der Waals surface area contributed by atoms with Gasteiger partial charge in [-0.05, 0) is 39.5 Å². The summed E-state index contributed by atoms with van der Waals surface area (Å²) in [4.78, 5) is 5.16. The molecule has 1 aromatic rings. The van der Waals surface area contributed by atoms with E-state index in [2.05, 4.69) is 5.16 Å². The Bertz CT molecular complexity index is 707. The molecule has 2 aliphatic rings. The van der Waals surface area contributed by atoms with Gasteiger partial charge in [-0.2, -0.15) is 17.6 Å². The van der Waals surface area contributed by atoms with Crippen molar-refractivity contribution in [2.24, 2.45) is 5.16 Å². The number of oxime groups is 1. The lowest BCUT2D eigenvalue weighted by Crippen LogP contribution is -2.21. The van der Waals surface area contributed by atoms with Gasteiger partial charge in [0.25, 0.3) is 0 Å². The van der Waals surface area contributed by atoms with Crippen molar-refractivity contribution < 1.29 is 31.9 Å². The van der Waals surface area contributed by atoms with E-state index in [9.17, 15) is 17.6 Å². The van der Waals surface area contributed by atoms with Crippen LogP contribution in [0.1, 0.15) is 52.4 Å². The normalized spacial score (nSPS) is 19.6. The van der Waals surface area contributed by atoms with Crippen LogP contribution in [0.4, 0.5) is 17.6 Å². The van der Waals surface area contributed by atoms with Crippen LogP contribution < -0.4 is 9.47 Å². The highest BCUT2D eigenvalue weighted by atomic mass is 32.2. The third kappa shape index (κ3) is 4.62. The van der Waals surface area contributed by atoms with Gasteiger partial charge >= 0.3 is 0 Å². The van der Waals surface area contributed by atoms with Gasteiger partial charge < -0.3 is 14.3 Å². The maximum Gasteiger partial charge on any atom is 0.207 e. The summed E-state index contributed by atoms with van der Waals surface area (Å²) in [6.45, 7) is 3.67. The van der Waals surface area contributed by atoms with E-state index >= 15 is 0 Å². The van der Waals surface area contributed by atoms with Crippen molar-refractivity contribution in [3.05, 3.63) is 23.3 Å². The summed E-state index contributed by atoms with van der Waals surface area (Å²) >= 11 is 1.04. The molecule has 1 heterocycles. The number of benzene rings is 1. The lowest BCUT2D eigenvalue weighted by atomic mass is 9.98. The third-order valence-corrected chi connectivity index (χ3v) is 5.21. The largest absolute Gasteiger partial charge is 0.484 e. The molecule has 0 amide bonds. The quantitative estimate of drug-likeness (QED) is 0.365. The van der Waals surface area contributed by atoms with E-state index in [0.29, 0.717) is 24.3 Å². The highest BCUT2D eigenvalue weighted by molar-refractivity contribution is 8.13. The fraction of sp³-hybridized carbons (Fsp3) is 0.611. The number of rotatable bonds is 5. The van der Waals surface area contributed by atoms with Gasteiger partial charge in [0, 0.05) is 6.42 Å². The molecule has 0 unspecified atom stereocenters. The van der Waals surface area contributed by atoms with Crippen molar-refractivity contribution in [2.45, 2.75) is 64.1 Å². The zero-order valence-electron chi connectivity index (χ0n) is 15.1. The molecule has 1 saturated carbocycles. The summed E-state index contributed by atoms with van der Waals surface area (Å²) in [7, 11) is 0. The fourth-order valence-electron chi connectivity index (χ4n) is 3.01. The highest BCUT2D eigenvalue weighted by Crippen LogP contribution is 2.37. The summed E-state index contributed by atoms with van der Waals surface area (Å²) in [6, 6.07) is 0. The second-order valence-corrected chi connectivity index (χ2v) is 8.21. The van der Waals surface area contributed by atoms with E-state index in [4.69, 9.17) is 14.3 Å². The molecule has 150 valence electrons. The van der Waals surface area contributed by atoms with Gasteiger partial charge in [0.15, 0.2) is 11.5 Å². The first-order valence-corrected chi connectivity index (χ1v) is 9.80. The average Bonchev–Trinajstić information content (AvgIpc) is 2.99. The molecule has 0 spiro atoms. The second-order valence-electron chi connectivity index (χ2n) is 7.21. The van der Waals surface area contributed by atoms with Gasteiger partial charge in [0.1, 0.15) is 16.6 Å². The number of hydrogen-bond acceptors (Lipinski definition) is 5. The molecule has 0 N–H and O–H groups in total. The van der Waals surface area contributed by atoms with Gasteiger partial charge in [-0.25, -0.2) is 0 Å². The Kier molecular flexibility index (Phi) is 6.08. The third-order valence-electron chi connectivity index (χ3n) is 4.42. The SMILES string of the molecule is CC1(C)CC(SCOc2c(F)c(F)c(OC3CCCCC3)c(F)c2F)=NO1. The minimum atomic E-state index is -1.61. The van der Waals surface area contributed by atoms with Crippen LogP contribution in [0.25, 0.3) is 0 Å². The van der Waals surface area contributed by atoms with Crippen molar-refractivity contribution in [3.8, 4) is 11.5 Å². The zero-order valence-corrected chi connectivity index (χ0v) is 15.9. The molecule has 0 saturated heterocycles. The predicted octanol–water partition coefficient (Wildman–Crippen LogP) is 5.54. The first kappa shape index (κ1) is 20.1. The Hall–Kier alpha value is -1.64. The molecule has 0 radical (unpaired) electrons. The Labute approximate surface area is 159 Å². The number of ether oxygens (including phenoxy) is 2. The lowest BCUT2D eigenvalue weighted by Gasteiger charge is -2.24. The van der Waals surface area contributed by atoms with Gasteiger partial charge in [-0.1, -0.05) is 23.3 Å². The van der Waals surface area contributed by atoms with E-state index in [1.165, 1.54) is 0 Å². The molecular weight excluding hydrogens is 386 g/mol. The van der Waals surface area contributed by atoms with Crippen molar-refractivity contribution in [2.75, 3.05) is 5.94 Å². The van der Waals surface area contributed by atoms with E-state index in [-0.39, 0.29) is 5.94 Å². The maximum absolute atomic E-state index is 14.3. The van der Waals surface area contributed by atoms with E-state index in [0.717, 1.165) is 31.0 Å². The van der Waals surface area contributed by atoms with Gasteiger partial charge in [0.2, 0.25) is 23.3 Å². The molecule has 1 aliphatic heterocycles. The summed E-state index contributed by atoms with van der Waals surface area (Å²) < 4.78 is 67.1. The minimum absolute atomic E-state index is 0.270. The topological polar surface area (TPSA) is 40.0 Å². The minimum Gasteiger partial charge on any atom is -0.484 e. The molecule has 1 aliphatic carbocycles. The first-order valence-electron chi connectivity index (χ1n) is 8.82. The second kappa shape index (κ2) is 8.16. The lowest BCUT2D eigenvalue weighted by molar-refractivity contribution is 0.0123. The van der Waals surface area contributed by atoms with E-state index in [1.54, 1.807) is 0 Å². The smallest absolute Gasteiger partial charge is 0.207 e. The summed E-state index contributed by atoms with van der Waals surface area (Å²) in [5.74, 6) is -8.77. The van der Waals surface area contributed by atoms with Crippen LogP contribution in [0.3, 0.4) is 0 Å². The maximum atomic E-state index is 14.3. The van der Waals surface area contributed by atoms with Crippen LogP contribution in [0.5, 0.6) is 11.5 Å². The summed E-state index contributed by atoms with van der Waals surface area (Å²) in [6.07, 6.45) is 3.94. The first-order chi connectivity index (χ1) is 12.8. The number of thioether (sulfide) groups is 1. The van der Waals surface area contributed by atoms with Crippen LogP contribution in [0.15, 0.2) is 5.16 Å². The van der Waals surface area contributed by atoms with E-state index in [1.807, 2.05) is 13.8 Å². The number of nitrogens with zero attached hydrogens (tertiary/aromatic N) is 1. The van der Waals surface area contributed by atoms with Gasteiger partial charge in [0.05, 0.1) is 6.10 Å². The molecule has 0 atom stereocenters. The van der Waals surface area contributed by atoms with Crippen molar-refractivity contribution >= 4 is 16.8 Å². The Morgan fingerprint density at radius 2 is 1.59 bits per heavy atom. The molecule has 4 nitrogen and oxygen atoms in total. The van der Waals surface area contributed by atoms with Crippen LogP contribution in [0, 0.1) is 23.3 Å². The van der Waals surface area contributed by atoms with Crippen LogP contribution in [-0.4, -0.2) is 22.7 Å². The number of halogens is 4. The monoisotopic (exact) mass is 407 g/mol. The Morgan fingerprint density at radius 3 is 2.15 bits per heavy atom. The molecule has 1 aromatic carbocycles. The zero-order chi connectivity index (χ0) is 19.6. The van der Waals surface area contributed by atoms with Crippen molar-refractivity contribution in [3.63, 3.8) is 0 Å². The average molecular weight is 407 g/mol. The molecule has 3 rings (SSSR count). The van der Waals surface area contributed by atoms with Crippen LogP contribution >= 0.6 is 11.8 Å². The Balaban J connectivity index is 1.69. The standard InChI is InChI=1S/C18H21F4NO3S/c1-18(2)8-11(23-26-18)27-9-24-16-12(19)14(21)17(15(22)13(16)20)25-10-6-4-3-5-7-10/h10H,3-9H2,1-2H3. The molecule has 9 heteroatoms. The summed E-state index contributed by atoms with van der Waals surface area (Å²) in [5.41, 5.74) is -0.463. The molecule has 0 aromatic heterocycles. The van der Waals surface area contributed by atoms with Gasteiger partial charge in [-0.15, -0.1) is 0 Å². The van der Waals surface area contributed by atoms with Crippen molar-refractivity contribution in [1.29, 1.82) is 0 Å². The fourth-order valence-corrected chi connectivity index (χ4v) is 3.86. The summed E-state index contributed by atoms with van der Waals surface area (Å²) in [5, 5.41) is 4.39. The van der Waals surface area contributed by atoms with Gasteiger partial charge in [-0.3, -0.25) is 0 Å². The Morgan fingerprint density at radius 1 is 1.00 bits per heavy atom. The van der Waals surface area contributed by atoms with Crippen LogP contribution in [-0.2, 0) is 4.84 Å². The van der Waals surface area contributed by atoms with E-state index < -0.39 is 46.5 Å².